The highest BCUT2D eigenvalue weighted by Crippen LogP contribution is 2.42. The third-order valence-corrected chi connectivity index (χ3v) is 2.86. The third kappa shape index (κ3) is 3.07. The lowest BCUT2D eigenvalue weighted by atomic mass is 9.96. The summed E-state index contributed by atoms with van der Waals surface area (Å²) < 4.78 is 16.0. The molecular formula is C14H23NO3. The fourth-order valence-corrected chi connectivity index (χ4v) is 2.05. The maximum atomic E-state index is 6.21. The first kappa shape index (κ1) is 14.6. The number of hydrogen-bond acceptors (Lipinski definition) is 4. The number of nitrogens with two attached hydrogens (primary N) is 1. The van der Waals surface area contributed by atoms with Gasteiger partial charge < -0.3 is 19.9 Å². The van der Waals surface area contributed by atoms with Gasteiger partial charge in [0.15, 0.2) is 11.5 Å². The van der Waals surface area contributed by atoms with Crippen molar-refractivity contribution in [3.8, 4) is 17.2 Å². The first-order valence-electron chi connectivity index (χ1n) is 6.09. The molecule has 0 aromatic heterocycles. The summed E-state index contributed by atoms with van der Waals surface area (Å²) in [5.74, 6) is 2.43. The van der Waals surface area contributed by atoms with Crippen LogP contribution in [0.4, 0.5) is 0 Å². The molecule has 1 rings (SSSR count). The largest absolute Gasteiger partial charge is 0.493 e. The quantitative estimate of drug-likeness (QED) is 0.847. The van der Waals surface area contributed by atoms with Crippen molar-refractivity contribution < 1.29 is 14.2 Å². The standard InChI is InChI=1S/C14H23NO3/c1-9(2)8-11(15)10-6-7-12(16-3)14(18-5)13(10)17-4/h6-7,9,11H,8,15H2,1-5H3/t11-/m1/s1. The lowest BCUT2D eigenvalue weighted by molar-refractivity contribution is 0.319. The number of ether oxygens (including phenoxy) is 3. The Morgan fingerprint density at radius 2 is 1.61 bits per heavy atom. The van der Waals surface area contributed by atoms with Crippen molar-refractivity contribution in [3.63, 3.8) is 0 Å². The first-order chi connectivity index (χ1) is 8.54. The molecule has 2 N–H and O–H groups in total. The van der Waals surface area contributed by atoms with Gasteiger partial charge in [0.1, 0.15) is 0 Å². The fourth-order valence-electron chi connectivity index (χ4n) is 2.05. The van der Waals surface area contributed by atoms with E-state index in [-0.39, 0.29) is 6.04 Å². The van der Waals surface area contributed by atoms with Crippen molar-refractivity contribution in [1.29, 1.82) is 0 Å². The van der Waals surface area contributed by atoms with Crippen molar-refractivity contribution in [3.05, 3.63) is 17.7 Å². The molecule has 0 saturated carbocycles. The molecule has 0 aliphatic carbocycles. The van der Waals surface area contributed by atoms with Crippen LogP contribution < -0.4 is 19.9 Å². The molecular weight excluding hydrogens is 230 g/mol. The van der Waals surface area contributed by atoms with E-state index in [0.29, 0.717) is 23.2 Å². The summed E-state index contributed by atoms with van der Waals surface area (Å²) in [7, 11) is 4.81. The highest BCUT2D eigenvalue weighted by molar-refractivity contribution is 5.56. The van der Waals surface area contributed by atoms with E-state index in [4.69, 9.17) is 19.9 Å². The maximum absolute atomic E-state index is 6.21. The Hall–Kier alpha value is -1.42. The molecule has 0 amide bonds. The molecule has 102 valence electrons. The number of hydrogen-bond donors (Lipinski definition) is 1. The topological polar surface area (TPSA) is 53.7 Å². The molecule has 18 heavy (non-hydrogen) atoms. The molecule has 4 nitrogen and oxygen atoms in total. The van der Waals surface area contributed by atoms with E-state index in [1.807, 2.05) is 12.1 Å². The highest BCUT2D eigenvalue weighted by Gasteiger charge is 2.20. The molecule has 1 aromatic rings. The van der Waals surface area contributed by atoms with Gasteiger partial charge in [-0.3, -0.25) is 0 Å². The van der Waals surface area contributed by atoms with E-state index in [1.165, 1.54) is 0 Å². The minimum absolute atomic E-state index is 0.0697. The van der Waals surface area contributed by atoms with Crippen LogP contribution in [0.1, 0.15) is 31.9 Å². The van der Waals surface area contributed by atoms with Crippen LogP contribution in [-0.4, -0.2) is 21.3 Å². The fraction of sp³-hybridized carbons (Fsp3) is 0.571. The van der Waals surface area contributed by atoms with E-state index >= 15 is 0 Å². The van der Waals surface area contributed by atoms with Gasteiger partial charge in [-0.15, -0.1) is 0 Å². The smallest absolute Gasteiger partial charge is 0.203 e. The normalized spacial score (nSPS) is 12.4. The predicted octanol–water partition coefficient (Wildman–Crippen LogP) is 2.76. The van der Waals surface area contributed by atoms with Crippen LogP contribution in [0.3, 0.4) is 0 Å². The zero-order chi connectivity index (χ0) is 13.7. The Morgan fingerprint density at radius 1 is 1.00 bits per heavy atom. The van der Waals surface area contributed by atoms with Crippen molar-refractivity contribution in [2.45, 2.75) is 26.3 Å². The molecule has 1 aromatic carbocycles. The second-order valence-electron chi connectivity index (χ2n) is 4.66. The second kappa shape index (κ2) is 6.50. The summed E-state index contributed by atoms with van der Waals surface area (Å²) in [4.78, 5) is 0. The molecule has 0 saturated heterocycles. The number of benzene rings is 1. The number of rotatable bonds is 6. The van der Waals surface area contributed by atoms with E-state index in [2.05, 4.69) is 13.8 Å². The molecule has 0 aliphatic rings. The van der Waals surface area contributed by atoms with Gasteiger partial charge in [0.2, 0.25) is 5.75 Å². The van der Waals surface area contributed by atoms with E-state index in [0.717, 1.165) is 12.0 Å². The lowest BCUT2D eigenvalue weighted by Gasteiger charge is -2.20. The Labute approximate surface area is 109 Å². The van der Waals surface area contributed by atoms with E-state index < -0.39 is 0 Å². The van der Waals surface area contributed by atoms with Crippen LogP contribution in [-0.2, 0) is 0 Å². The van der Waals surface area contributed by atoms with Crippen molar-refractivity contribution in [2.24, 2.45) is 11.7 Å². The van der Waals surface area contributed by atoms with Crippen molar-refractivity contribution >= 4 is 0 Å². The Morgan fingerprint density at radius 3 is 2.06 bits per heavy atom. The van der Waals surface area contributed by atoms with Gasteiger partial charge in [0.05, 0.1) is 21.3 Å². The van der Waals surface area contributed by atoms with Gasteiger partial charge in [-0.1, -0.05) is 13.8 Å². The molecule has 0 aliphatic heterocycles. The molecule has 1 atom stereocenters. The van der Waals surface area contributed by atoms with Gasteiger partial charge in [-0.2, -0.15) is 0 Å². The SMILES string of the molecule is COc1ccc([C@H](N)CC(C)C)c(OC)c1OC. The van der Waals surface area contributed by atoms with Crippen molar-refractivity contribution in [2.75, 3.05) is 21.3 Å². The average molecular weight is 253 g/mol. The van der Waals surface area contributed by atoms with Crippen LogP contribution in [0.5, 0.6) is 17.2 Å². The van der Waals surface area contributed by atoms with Gasteiger partial charge in [0.25, 0.3) is 0 Å². The van der Waals surface area contributed by atoms with E-state index in [1.54, 1.807) is 21.3 Å². The Kier molecular flexibility index (Phi) is 5.28. The molecule has 0 radical (unpaired) electrons. The second-order valence-corrected chi connectivity index (χ2v) is 4.66. The average Bonchev–Trinajstić information content (AvgIpc) is 2.35. The summed E-state index contributed by atoms with van der Waals surface area (Å²) in [6.45, 7) is 4.29. The molecule has 0 spiro atoms. The summed E-state index contributed by atoms with van der Waals surface area (Å²) in [5, 5.41) is 0. The minimum Gasteiger partial charge on any atom is -0.493 e. The monoisotopic (exact) mass is 253 g/mol. The Bertz CT molecular complexity index is 391. The summed E-state index contributed by atoms with van der Waals surface area (Å²) in [6, 6.07) is 3.73. The van der Waals surface area contributed by atoms with Crippen LogP contribution in [0.25, 0.3) is 0 Å². The van der Waals surface area contributed by atoms with Crippen LogP contribution >= 0.6 is 0 Å². The minimum atomic E-state index is -0.0697. The molecule has 0 unspecified atom stereocenters. The summed E-state index contributed by atoms with van der Waals surface area (Å²) >= 11 is 0. The van der Waals surface area contributed by atoms with E-state index in [9.17, 15) is 0 Å². The molecule has 0 bridgehead atoms. The molecule has 4 heteroatoms. The highest BCUT2D eigenvalue weighted by atomic mass is 16.5. The molecule has 0 fully saturated rings. The Balaban J connectivity index is 3.20. The predicted molar refractivity (Wildman–Crippen MR) is 72.5 cm³/mol. The van der Waals surface area contributed by atoms with Crippen LogP contribution in [0.15, 0.2) is 12.1 Å². The van der Waals surface area contributed by atoms with Gasteiger partial charge in [-0.25, -0.2) is 0 Å². The number of methoxy groups -OCH3 is 3. The van der Waals surface area contributed by atoms with Gasteiger partial charge in [-0.05, 0) is 24.5 Å². The summed E-state index contributed by atoms with van der Waals surface area (Å²) in [6.07, 6.45) is 0.895. The summed E-state index contributed by atoms with van der Waals surface area (Å²) in [5.41, 5.74) is 7.16. The van der Waals surface area contributed by atoms with Crippen LogP contribution in [0.2, 0.25) is 0 Å². The lowest BCUT2D eigenvalue weighted by Crippen LogP contribution is -2.14. The maximum Gasteiger partial charge on any atom is 0.203 e. The van der Waals surface area contributed by atoms with Crippen molar-refractivity contribution in [1.82, 2.24) is 0 Å². The van der Waals surface area contributed by atoms with Gasteiger partial charge in [0, 0.05) is 11.6 Å². The van der Waals surface area contributed by atoms with Gasteiger partial charge >= 0.3 is 0 Å². The zero-order valence-electron chi connectivity index (χ0n) is 11.8. The molecule has 0 heterocycles. The first-order valence-corrected chi connectivity index (χ1v) is 6.09. The third-order valence-electron chi connectivity index (χ3n) is 2.86. The van der Waals surface area contributed by atoms with Crippen LogP contribution in [0, 0.1) is 5.92 Å². The zero-order valence-corrected chi connectivity index (χ0v) is 11.8.